The third-order valence-corrected chi connectivity index (χ3v) is 3.24. The average Bonchev–Trinajstić information content (AvgIpc) is 3.02. The van der Waals surface area contributed by atoms with E-state index in [-0.39, 0.29) is 25.5 Å². The van der Waals surface area contributed by atoms with Crippen LogP contribution in [-0.2, 0) is 20.9 Å². The first-order chi connectivity index (χ1) is 12.1. The number of hydrogen-bond acceptors (Lipinski definition) is 7. The largest absolute Gasteiger partial charge is 0.461 e. The van der Waals surface area contributed by atoms with Crippen molar-refractivity contribution in [3.63, 3.8) is 0 Å². The quantitative estimate of drug-likeness (QED) is 0.770. The molecule has 7 nitrogen and oxygen atoms in total. The number of carbonyl (C=O) groups is 2. The summed E-state index contributed by atoms with van der Waals surface area (Å²) < 4.78 is 15.3. The first-order valence-electron chi connectivity index (χ1n) is 7.73. The van der Waals surface area contributed by atoms with Gasteiger partial charge in [-0.3, -0.25) is 4.79 Å². The maximum absolute atomic E-state index is 12.0. The van der Waals surface area contributed by atoms with Crippen molar-refractivity contribution < 1.29 is 28.7 Å². The van der Waals surface area contributed by atoms with E-state index in [0.29, 0.717) is 16.9 Å². The van der Waals surface area contributed by atoms with E-state index >= 15 is 0 Å². The van der Waals surface area contributed by atoms with Crippen molar-refractivity contribution in [2.75, 3.05) is 13.2 Å². The van der Waals surface area contributed by atoms with Gasteiger partial charge in [0, 0.05) is 12.5 Å². The molecule has 1 aromatic heterocycles. The summed E-state index contributed by atoms with van der Waals surface area (Å²) in [6.07, 6.45) is 3.35. The second-order valence-corrected chi connectivity index (χ2v) is 5.05. The Labute approximate surface area is 144 Å². The molecule has 132 valence electrons. The van der Waals surface area contributed by atoms with Gasteiger partial charge >= 0.3 is 11.9 Å². The Bertz CT molecular complexity index is 778. The van der Waals surface area contributed by atoms with Crippen molar-refractivity contribution >= 4 is 18.0 Å². The molecule has 0 spiro atoms. The summed E-state index contributed by atoms with van der Waals surface area (Å²) in [6, 6.07) is 7.24. The van der Waals surface area contributed by atoms with Crippen LogP contribution in [0.2, 0.25) is 0 Å². The molecule has 1 N–H and O–H groups in total. The lowest BCUT2D eigenvalue weighted by Gasteiger charge is -2.05. The van der Waals surface area contributed by atoms with Crippen molar-refractivity contribution in [2.45, 2.75) is 20.5 Å². The molecule has 1 aromatic carbocycles. The Kier molecular flexibility index (Phi) is 6.47. The summed E-state index contributed by atoms with van der Waals surface area (Å²) in [4.78, 5) is 23.2. The van der Waals surface area contributed by atoms with Gasteiger partial charge in [-0.25, -0.2) is 4.79 Å². The molecule has 0 unspecified atom stereocenters. The number of nitrogens with zero attached hydrogens (tertiary/aromatic N) is 1. The van der Waals surface area contributed by atoms with Crippen molar-refractivity contribution in [1.82, 2.24) is 5.16 Å². The first kappa shape index (κ1) is 18.4. The molecule has 2 aromatic rings. The number of carbonyl (C=O) groups excluding carboxylic acids is 2. The second kappa shape index (κ2) is 8.79. The van der Waals surface area contributed by atoms with Gasteiger partial charge < -0.3 is 19.1 Å². The predicted octanol–water partition coefficient (Wildman–Crippen LogP) is 2.59. The van der Waals surface area contributed by atoms with Crippen LogP contribution >= 0.6 is 0 Å². The predicted molar refractivity (Wildman–Crippen MR) is 89.5 cm³/mol. The highest BCUT2D eigenvalue weighted by Gasteiger charge is 2.25. The average molecular weight is 345 g/mol. The van der Waals surface area contributed by atoms with Crippen LogP contribution in [0.1, 0.15) is 35.5 Å². The molecule has 0 saturated carbocycles. The number of esters is 2. The molecule has 1 heterocycles. The zero-order chi connectivity index (χ0) is 18.2. The number of rotatable bonds is 7. The molecule has 0 aliphatic carbocycles. The van der Waals surface area contributed by atoms with E-state index in [1.807, 2.05) is 6.07 Å². The van der Waals surface area contributed by atoms with Gasteiger partial charge in [-0.15, -0.1) is 0 Å². The molecule has 0 bridgehead atoms. The smallest absolute Gasteiger partial charge is 0.360 e. The third kappa shape index (κ3) is 4.77. The van der Waals surface area contributed by atoms with E-state index in [1.54, 1.807) is 37.3 Å². The van der Waals surface area contributed by atoms with Gasteiger partial charge in [-0.1, -0.05) is 35.5 Å². The van der Waals surface area contributed by atoms with Crippen LogP contribution in [0.4, 0.5) is 0 Å². The highest BCUT2D eigenvalue weighted by Crippen LogP contribution is 2.28. The number of aliphatic hydroxyl groups excluding tert-OH is 1. The van der Waals surface area contributed by atoms with E-state index in [1.165, 1.54) is 6.92 Å². The molecule has 0 fully saturated rings. The molecular weight excluding hydrogens is 326 g/mol. The van der Waals surface area contributed by atoms with Crippen molar-refractivity contribution in [3.8, 4) is 11.3 Å². The van der Waals surface area contributed by atoms with Crippen LogP contribution in [0.15, 0.2) is 34.9 Å². The maximum atomic E-state index is 12.0. The van der Waals surface area contributed by atoms with E-state index in [9.17, 15) is 9.59 Å². The van der Waals surface area contributed by atoms with E-state index in [4.69, 9.17) is 19.1 Å². The Morgan fingerprint density at radius 2 is 2.12 bits per heavy atom. The molecule has 2 rings (SSSR count). The highest BCUT2D eigenvalue weighted by molar-refractivity contribution is 5.90. The summed E-state index contributed by atoms with van der Waals surface area (Å²) in [5, 5.41) is 12.7. The summed E-state index contributed by atoms with van der Waals surface area (Å²) in [7, 11) is 0. The molecule has 7 heteroatoms. The van der Waals surface area contributed by atoms with Crippen LogP contribution in [0, 0.1) is 0 Å². The fourth-order valence-corrected chi connectivity index (χ4v) is 2.18. The second-order valence-electron chi connectivity index (χ2n) is 5.05. The van der Waals surface area contributed by atoms with Gasteiger partial charge in [0.15, 0.2) is 11.5 Å². The van der Waals surface area contributed by atoms with Gasteiger partial charge in [0.25, 0.3) is 0 Å². The first-order valence-corrected chi connectivity index (χ1v) is 7.73. The summed E-state index contributed by atoms with van der Waals surface area (Å²) >= 11 is 0. The summed E-state index contributed by atoms with van der Waals surface area (Å²) in [5.41, 5.74) is 1.82. The molecule has 0 aliphatic heterocycles. The minimum atomic E-state index is -0.643. The van der Waals surface area contributed by atoms with Crippen LogP contribution < -0.4 is 0 Å². The zero-order valence-electron chi connectivity index (χ0n) is 14.0. The highest BCUT2D eigenvalue weighted by atomic mass is 16.5. The van der Waals surface area contributed by atoms with Crippen LogP contribution in [0.25, 0.3) is 17.4 Å². The fraction of sp³-hybridized carbons (Fsp3) is 0.278. The monoisotopic (exact) mass is 345 g/mol. The van der Waals surface area contributed by atoms with Crippen LogP contribution in [0.5, 0.6) is 0 Å². The standard InChI is InChI=1S/C18H19NO6/c1-3-23-18(22)16-15(11-24-12(2)21)17(25-19-16)14-8-4-6-13(10-14)7-5-9-20/h4-8,10,20H,3,9,11H2,1-2H3. The van der Waals surface area contributed by atoms with Gasteiger partial charge in [-0.05, 0) is 18.6 Å². The Balaban J connectivity index is 2.44. The molecule has 0 saturated heterocycles. The topological polar surface area (TPSA) is 98.9 Å². The van der Waals surface area contributed by atoms with E-state index in [0.717, 1.165) is 5.56 Å². The van der Waals surface area contributed by atoms with Gasteiger partial charge in [0.05, 0.1) is 18.8 Å². The van der Waals surface area contributed by atoms with Crippen molar-refractivity contribution in [2.24, 2.45) is 0 Å². The Morgan fingerprint density at radius 3 is 2.80 bits per heavy atom. The summed E-state index contributed by atoms with van der Waals surface area (Å²) in [6.45, 7) is 2.92. The molecule has 0 atom stereocenters. The van der Waals surface area contributed by atoms with Crippen molar-refractivity contribution in [1.29, 1.82) is 0 Å². The van der Waals surface area contributed by atoms with E-state index < -0.39 is 11.9 Å². The zero-order valence-corrected chi connectivity index (χ0v) is 14.0. The molecular formula is C18H19NO6. The minimum Gasteiger partial charge on any atom is -0.461 e. The molecule has 0 radical (unpaired) electrons. The number of benzene rings is 1. The third-order valence-electron chi connectivity index (χ3n) is 3.24. The van der Waals surface area contributed by atoms with Gasteiger partial charge in [0.1, 0.15) is 6.61 Å². The van der Waals surface area contributed by atoms with E-state index in [2.05, 4.69) is 5.16 Å². The van der Waals surface area contributed by atoms with Crippen LogP contribution in [-0.4, -0.2) is 35.4 Å². The summed E-state index contributed by atoms with van der Waals surface area (Å²) in [5.74, 6) is -0.805. The number of hydrogen-bond donors (Lipinski definition) is 1. The number of ether oxygens (including phenoxy) is 2. The normalized spacial score (nSPS) is 10.8. The fourth-order valence-electron chi connectivity index (χ4n) is 2.18. The Hall–Kier alpha value is -2.93. The van der Waals surface area contributed by atoms with Crippen molar-refractivity contribution in [3.05, 3.63) is 47.2 Å². The molecule has 0 aliphatic rings. The lowest BCUT2D eigenvalue weighted by molar-refractivity contribution is -0.142. The molecule has 0 amide bonds. The lowest BCUT2D eigenvalue weighted by atomic mass is 10.0. The lowest BCUT2D eigenvalue weighted by Crippen LogP contribution is -2.10. The minimum absolute atomic E-state index is 0.0191. The number of aliphatic hydroxyl groups is 1. The van der Waals surface area contributed by atoms with Gasteiger partial charge in [-0.2, -0.15) is 0 Å². The number of aromatic nitrogens is 1. The van der Waals surface area contributed by atoms with Gasteiger partial charge in [0.2, 0.25) is 0 Å². The SMILES string of the molecule is CCOC(=O)c1noc(-c2cccc(C=CCO)c2)c1COC(C)=O. The molecule has 25 heavy (non-hydrogen) atoms. The maximum Gasteiger partial charge on any atom is 0.360 e. The Morgan fingerprint density at radius 1 is 1.32 bits per heavy atom. The van der Waals surface area contributed by atoms with Crippen LogP contribution in [0.3, 0.4) is 0 Å².